The first-order valence-corrected chi connectivity index (χ1v) is 7.33. The molecule has 1 nitrogen and oxygen atoms in total. The lowest BCUT2D eigenvalue weighted by Crippen LogP contribution is -2.08. The standard InChI is InChI=1S/C15H11Br2FO/c16-12-3-1-2-10(6-12)7-14(19)8-11-4-5-13(17)9-15(11)18/h1-6,9H,7-8H2. The minimum Gasteiger partial charge on any atom is -0.299 e. The molecule has 2 aromatic rings. The van der Waals surface area contributed by atoms with Gasteiger partial charge in [0.05, 0.1) is 0 Å². The van der Waals surface area contributed by atoms with Crippen LogP contribution in [0.4, 0.5) is 4.39 Å². The van der Waals surface area contributed by atoms with Gasteiger partial charge in [0.15, 0.2) is 0 Å². The van der Waals surface area contributed by atoms with E-state index in [0.717, 1.165) is 10.0 Å². The monoisotopic (exact) mass is 384 g/mol. The molecule has 0 fully saturated rings. The van der Waals surface area contributed by atoms with Gasteiger partial charge in [-0.2, -0.15) is 0 Å². The first-order valence-electron chi connectivity index (χ1n) is 5.74. The predicted molar refractivity (Wildman–Crippen MR) is 80.7 cm³/mol. The fraction of sp³-hybridized carbons (Fsp3) is 0.133. The molecule has 98 valence electrons. The Balaban J connectivity index is 2.05. The second-order valence-corrected chi connectivity index (χ2v) is 6.09. The van der Waals surface area contributed by atoms with E-state index in [1.54, 1.807) is 12.1 Å². The van der Waals surface area contributed by atoms with Crippen molar-refractivity contribution in [3.63, 3.8) is 0 Å². The van der Waals surface area contributed by atoms with E-state index in [1.165, 1.54) is 6.07 Å². The number of benzene rings is 2. The van der Waals surface area contributed by atoms with Crippen molar-refractivity contribution in [3.05, 3.63) is 68.4 Å². The molecule has 0 unspecified atom stereocenters. The fourth-order valence-electron chi connectivity index (χ4n) is 1.81. The van der Waals surface area contributed by atoms with Gasteiger partial charge in [-0.1, -0.05) is 50.1 Å². The van der Waals surface area contributed by atoms with Gasteiger partial charge < -0.3 is 0 Å². The Morgan fingerprint density at radius 3 is 2.42 bits per heavy atom. The van der Waals surface area contributed by atoms with Crippen LogP contribution in [-0.4, -0.2) is 5.78 Å². The van der Waals surface area contributed by atoms with Gasteiger partial charge in [0.1, 0.15) is 11.6 Å². The summed E-state index contributed by atoms with van der Waals surface area (Å²) in [5.74, 6) is -0.351. The Hall–Kier alpha value is -1.00. The molecular weight excluding hydrogens is 375 g/mol. The molecule has 2 aromatic carbocycles. The Bertz CT molecular complexity index is 611. The summed E-state index contributed by atoms with van der Waals surface area (Å²) in [7, 11) is 0. The second kappa shape index (κ2) is 6.44. The quantitative estimate of drug-likeness (QED) is 0.745. The lowest BCUT2D eigenvalue weighted by molar-refractivity contribution is -0.117. The van der Waals surface area contributed by atoms with Gasteiger partial charge in [0, 0.05) is 21.8 Å². The fourth-order valence-corrected chi connectivity index (χ4v) is 2.59. The minimum atomic E-state index is -0.350. The van der Waals surface area contributed by atoms with E-state index >= 15 is 0 Å². The SMILES string of the molecule is O=C(Cc1cccc(Br)c1)Cc1ccc(Br)cc1F. The maximum atomic E-state index is 13.6. The number of hydrogen-bond acceptors (Lipinski definition) is 1. The lowest BCUT2D eigenvalue weighted by atomic mass is 10.0. The molecule has 0 aromatic heterocycles. The first-order chi connectivity index (χ1) is 9.04. The summed E-state index contributed by atoms with van der Waals surface area (Å²) in [5.41, 5.74) is 1.36. The molecule has 0 aliphatic heterocycles. The molecule has 0 aliphatic rings. The van der Waals surface area contributed by atoms with Gasteiger partial charge in [-0.3, -0.25) is 4.79 Å². The maximum Gasteiger partial charge on any atom is 0.141 e. The summed E-state index contributed by atoms with van der Waals surface area (Å²) in [6, 6.07) is 12.3. The number of Topliss-reactive ketones (excluding diaryl/α,β-unsaturated/α-hetero) is 1. The van der Waals surface area contributed by atoms with Crippen molar-refractivity contribution in [2.45, 2.75) is 12.8 Å². The largest absolute Gasteiger partial charge is 0.299 e. The highest BCUT2D eigenvalue weighted by Gasteiger charge is 2.09. The highest BCUT2D eigenvalue weighted by molar-refractivity contribution is 9.10. The van der Waals surface area contributed by atoms with E-state index in [4.69, 9.17) is 0 Å². The predicted octanol–water partition coefficient (Wildman–Crippen LogP) is 4.71. The molecule has 0 radical (unpaired) electrons. The molecule has 0 heterocycles. The third-order valence-corrected chi connectivity index (χ3v) is 3.68. The molecule has 0 spiro atoms. The Kier molecular flexibility index (Phi) is 4.88. The number of carbonyl (C=O) groups excluding carboxylic acids is 1. The van der Waals surface area contributed by atoms with Crippen LogP contribution in [0.5, 0.6) is 0 Å². The Labute approximate surface area is 128 Å². The van der Waals surface area contributed by atoms with E-state index < -0.39 is 0 Å². The molecule has 0 N–H and O–H groups in total. The third kappa shape index (κ3) is 4.25. The van der Waals surface area contributed by atoms with Gasteiger partial charge >= 0.3 is 0 Å². The zero-order chi connectivity index (χ0) is 13.8. The molecule has 0 saturated carbocycles. The van der Waals surface area contributed by atoms with Crippen molar-refractivity contribution < 1.29 is 9.18 Å². The summed E-state index contributed by atoms with van der Waals surface area (Å²) in [5, 5.41) is 0. The normalized spacial score (nSPS) is 10.5. The van der Waals surface area contributed by atoms with Crippen LogP contribution in [0.25, 0.3) is 0 Å². The van der Waals surface area contributed by atoms with E-state index in [9.17, 15) is 9.18 Å². The van der Waals surface area contributed by atoms with Crippen molar-refractivity contribution in [1.29, 1.82) is 0 Å². The molecule has 0 aliphatic carbocycles. The molecule has 0 amide bonds. The molecular formula is C15H11Br2FO. The van der Waals surface area contributed by atoms with Gasteiger partial charge in [-0.25, -0.2) is 4.39 Å². The van der Waals surface area contributed by atoms with Crippen LogP contribution in [0, 0.1) is 5.82 Å². The molecule has 0 bridgehead atoms. The van der Waals surface area contributed by atoms with Gasteiger partial charge in [0.25, 0.3) is 0 Å². The molecule has 4 heteroatoms. The van der Waals surface area contributed by atoms with Gasteiger partial charge in [-0.05, 0) is 35.4 Å². The summed E-state index contributed by atoms with van der Waals surface area (Å²) < 4.78 is 15.2. The van der Waals surface area contributed by atoms with Crippen LogP contribution in [0.2, 0.25) is 0 Å². The van der Waals surface area contributed by atoms with Crippen molar-refractivity contribution in [2.24, 2.45) is 0 Å². The summed E-state index contributed by atoms with van der Waals surface area (Å²) in [6.07, 6.45) is 0.431. The number of halogens is 3. The topological polar surface area (TPSA) is 17.1 Å². The molecule has 0 atom stereocenters. The zero-order valence-corrected chi connectivity index (χ0v) is 13.2. The highest BCUT2D eigenvalue weighted by atomic mass is 79.9. The average Bonchev–Trinajstić information content (AvgIpc) is 2.33. The lowest BCUT2D eigenvalue weighted by Gasteiger charge is -2.04. The minimum absolute atomic E-state index is 0.000627. The third-order valence-electron chi connectivity index (χ3n) is 2.69. The van der Waals surface area contributed by atoms with Crippen LogP contribution < -0.4 is 0 Å². The van der Waals surface area contributed by atoms with Gasteiger partial charge in [-0.15, -0.1) is 0 Å². The molecule has 2 rings (SSSR count). The van der Waals surface area contributed by atoms with Crippen molar-refractivity contribution in [2.75, 3.05) is 0 Å². The van der Waals surface area contributed by atoms with E-state index in [2.05, 4.69) is 31.9 Å². The van der Waals surface area contributed by atoms with Crippen LogP contribution >= 0.6 is 31.9 Å². The van der Waals surface area contributed by atoms with Crippen LogP contribution in [0.3, 0.4) is 0 Å². The summed E-state index contributed by atoms with van der Waals surface area (Å²) in [6.45, 7) is 0. The van der Waals surface area contributed by atoms with E-state index in [0.29, 0.717) is 16.5 Å². The van der Waals surface area contributed by atoms with Crippen molar-refractivity contribution in [1.82, 2.24) is 0 Å². The van der Waals surface area contributed by atoms with Crippen molar-refractivity contribution in [3.8, 4) is 0 Å². The van der Waals surface area contributed by atoms with Crippen LogP contribution in [0.15, 0.2) is 51.4 Å². The zero-order valence-electron chi connectivity index (χ0n) is 10.00. The second-order valence-electron chi connectivity index (χ2n) is 4.26. The molecule has 0 saturated heterocycles. The summed E-state index contributed by atoms with van der Waals surface area (Å²) >= 11 is 6.56. The van der Waals surface area contributed by atoms with E-state index in [-0.39, 0.29) is 18.0 Å². The van der Waals surface area contributed by atoms with E-state index in [1.807, 2.05) is 24.3 Å². The highest BCUT2D eigenvalue weighted by Crippen LogP contribution is 2.17. The average molecular weight is 386 g/mol. The molecule has 19 heavy (non-hydrogen) atoms. The number of rotatable bonds is 4. The Morgan fingerprint density at radius 2 is 1.74 bits per heavy atom. The van der Waals surface area contributed by atoms with Crippen LogP contribution in [0.1, 0.15) is 11.1 Å². The van der Waals surface area contributed by atoms with Crippen molar-refractivity contribution >= 4 is 37.6 Å². The summed E-state index contributed by atoms with van der Waals surface area (Å²) in [4.78, 5) is 11.9. The van der Waals surface area contributed by atoms with Crippen LogP contribution in [-0.2, 0) is 17.6 Å². The Morgan fingerprint density at radius 1 is 1.00 bits per heavy atom. The number of hydrogen-bond donors (Lipinski definition) is 0. The number of ketones is 1. The smallest absolute Gasteiger partial charge is 0.141 e. The number of carbonyl (C=O) groups is 1. The maximum absolute atomic E-state index is 13.6. The van der Waals surface area contributed by atoms with Gasteiger partial charge in [0.2, 0.25) is 0 Å². The first kappa shape index (κ1) is 14.4.